The minimum atomic E-state index is -0.121. The zero-order valence-electron chi connectivity index (χ0n) is 9.86. The minimum absolute atomic E-state index is 0.121. The summed E-state index contributed by atoms with van der Waals surface area (Å²) >= 11 is 0. The topological polar surface area (TPSA) is 68.7 Å². The summed E-state index contributed by atoms with van der Waals surface area (Å²) in [6.45, 7) is 7.78. The van der Waals surface area contributed by atoms with Crippen molar-refractivity contribution >= 4 is 11.6 Å². The Hall–Kier alpha value is -1.75. The molecule has 2 rings (SSSR count). The van der Waals surface area contributed by atoms with Crippen molar-refractivity contribution in [1.29, 1.82) is 0 Å². The normalized spacial score (nSPS) is 15.9. The summed E-state index contributed by atoms with van der Waals surface area (Å²) < 4.78 is 10.6. The number of carbonyl (C=O) groups is 1. The summed E-state index contributed by atoms with van der Waals surface area (Å²) in [5, 5.41) is 0. The lowest BCUT2D eigenvalue weighted by atomic mass is 10.2. The van der Waals surface area contributed by atoms with Crippen molar-refractivity contribution in [3.05, 3.63) is 29.7 Å². The Kier molecular flexibility index (Phi) is 3.19. The molecule has 0 radical (unpaired) electrons. The van der Waals surface area contributed by atoms with Crippen molar-refractivity contribution < 1.29 is 13.9 Å². The van der Waals surface area contributed by atoms with Crippen LogP contribution in [0.25, 0.3) is 5.70 Å². The molecular weight excluding hydrogens is 220 g/mol. The highest BCUT2D eigenvalue weighted by atomic mass is 16.5. The summed E-state index contributed by atoms with van der Waals surface area (Å²) in [4.78, 5) is 13.8. The third kappa shape index (κ3) is 2.34. The molecule has 92 valence electrons. The fourth-order valence-corrected chi connectivity index (χ4v) is 1.83. The Morgan fingerprint density at radius 1 is 1.47 bits per heavy atom. The van der Waals surface area contributed by atoms with E-state index in [-0.39, 0.29) is 5.91 Å². The number of amides is 1. The van der Waals surface area contributed by atoms with Gasteiger partial charge < -0.3 is 19.8 Å². The number of aryl methyl sites for hydroxylation is 1. The first-order valence-corrected chi connectivity index (χ1v) is 5.52. The summed E-state index contributed by atoms with van der Waals surface area (Å²) in [6, 6.07) is 1.70. The number of hydrogen-bond acceptors (Lipinski definition) is 4. The van der Waals surface area contributed by atoms with E-state index in [2.05, 4.69) is 6.58 Å². The van der Waals surface area contributed by atoms with Gasteiger partial charge in [0.25, 0.3) is 5.91 Å². The van der Waals surface area contributed by atoms with Gasteiger partial charge in [-0.05, 0) is 18.6 Å². The lowest BCUT2D eigenvalue weighted by Gasteiger charge is -2.25. The number of carbonyl (C=O) groups excluding carboxylic acids is 1. The number of morpholine rings is 1. The molecule has 0 aliphatic carbocycles. The molecule has 1 aliphatic rings. The predicted octanol–water partition coefficient (Wildman–Crippen LogP) is 0.990. The molecule has 1 aromatic heterocycles. The molecule has 1 saturated heterocycles. The lowest BCUT2D eigenvalue weighted by Crippen LogP contribution is -2.40. The second kappa shape index (κ2) is 4.63. The van der Waals surface area contributed by atoms with Gasteiger partial charge in [-0.15, -0.1) is 0 Å². The second-order valence-electron chi connectivity index (χ2n) is 4.05. The minimum Gasteiger partial charge on any atom is -0.449 e. The van der Waals surface area contributed by atoms with E-state index >= 15 is 0 Å². The van der Waals surface area contributed by atoms with Gasteiger partial charge in [0, 0.05) is 13.1 Å². The fourth-order valence-electron chi connectivity index (χ4n) is 1.83. The number of nitrogens with zero attached hydrogens (tertiary/aromatic N) is 1. The van der Waals surface area contributed by atoms with E-state index in [4.69, 9.17) is 14.9 Å². The molecule has 0 spiro atoms. The number of furan rings is 1. The highest BCUT2D eigenvalue weighted by molar-refractivity contribution is 5.92. The molecule has 0 bridgehead atoms. The van der Waals surface area contributed by atoms with Crippen LogP contribution in [0.2, 0.25) is 0 Å². The molecule has 5 heteroatoms. The van der Waals surface area contributed by atoms with Crippen LogP contribution < -0.4 is 5.73 Å². The molecule has 2 heterocycles. The van der Waals surface area contributed by atoms with Gasteiger partial charge in [-0.2, -0.15) is 0 Å². The van der Waals surface area contributed by atoms with E-state index in [1.54, 1.807) is 11.0 Å². The largest absolute Gasteiger partial charge is 0.449 e. The summed E-state index contributed by atoms with van der Waals surface area (Å²) in [6.07, 6.45) is 0. The Balaban J connectivity index is 2.19. The molecule has 0 aromatic carbocycles. The van der Waals surface area contributed by atoms with Crippen LogP contribution in [0, 0.1) is 6.92 Å². The van der Waals surface area contributed by atoms with E-state index in [9.17, 15) is 4.79 Å². The Labute approximate surface area is 99.8 Å². The van der Waals surface area contributed by atoms with Gasteiger partial charge >= 0.3 is 0 Å². The van der Waals surface area contributed by atoms with Crippen LogP contribution in [-0.4, -0.2) is 37.1 Å². The van der Waals surface area contributed by atoms with E-state index in [1.165, 1.54) is 0 Å². The molecular formula is C12H16N2O3. The van der Waals surface area contributed by atoms with Gasteiger partial charge in [0.05, 0.1) is 18.9 Å². The first-order chi connectivity index (χ1) is 8.09. The zero-order valence-corrected chi connectivity index (χ0v) is 9.86. The smallest absolute Gasteiger partial charge is 0.289 e. The molecule has 5 nitrogen and oxygen atoms in total. The van der Waals surface area contributed by atoms with Crippen LogP contribution in [0.1, 0.15) is 21.9 Å². The SMILES string of the molecule is C=C(N)c1oc(C(=O)N2CCOCC2)cc1C. The van der Waals surface area contributed by atoms with Crippen LogP contribution in [0.5, 0.6) is 0 Å². The molecule has 1 aromatic rings. The summed E-state index contributed by atoms with van der Waals surface area (Å²) in [5.41, 5.74) is 6.74. The molecule has 0 saturated carbocycles. The van der Waals surface area contributed by atoms with Gasteiger partial charge in [0.2, 0.25) is 0 Å². The molecule has 2 N–H and O–H groups in total. The van der Waals surface area contributed by atoms with Crippen LogP contribution in [0.15, 0.2) is 17.1 Å². The van der Waals surface area contributed by atoms with Crippen molar-refractivity contribution in [3.8, 4) is 0 Å². The van der Waals surface area contributed by atoms with Crippen LogP contribution in [0.3, 0.4) is 0 Å². The Morgan fingerprint density at radius 2 is 2.12 bits per heavy atom. The van der Waals surface area contributed by atoms with E-state index in [0.29, 0.717) is 43.5 Å². The average Bonchev–Trinajstić information content (AvgIpc) is 2.71. The first kappa shape index (κ1) is 11.7. The Bertz CT molecular complexity index is 445. The Morgan fingerprint density at radius 3 is 2.65 bits per heavy atom. The van der Waals surface area contributed by atoms with Gasteiger partial charge in [-0.3, -0.25) is 4.79 Å². The molecule has 1 fully saturated rings. The molecule has 1 aliphatic heterocycles. The number of rotatable bonds is 2. The summed E-state index contributed by atoms with van der Waals surface area (Å²) in [7, 11) is 0. The predicted molar refractivity (Wildman–Crippen MR) is 63.4 cm³/mol. The van der Waals surface area contributed by atoms with Crippen molar-refractivity contribution in [2.45, 2.75) is 6.92 Å². The van der Waals surface area contributed by atoms with Gasteiger partial charge in [0.15, 0.2) is 11.5 Å². The van der Waals surface area contributed by atoms with E-state index in [0.717, 1.165) is 5.56 Å². The standard InChI is InChI=1S/C12H16N2O3/c1-8-7-10(17-11(8)9(2)13)12(15)14-3-5-16-6-4-14/h7H,2-6,13H2,1H3. The van der Waals surface area contributed by atoms with Crippen LogP contribution >= 0.6 is 0 Å². The first-order valence-electron chi connectivity index (χ1n) is 5.52. The van der Waals surface area contributed by atoms with E-state index < -0.39 is 0 Å². The average molecular weight is 236 g/mol. The molecule has 0 unspecified atom stereocenters. The van der Waals surface area contributed by atoms with Gasteiger partial charge in [-0.25, -0.2) is 0 Å². The third-order valence-electron chi connectivity index (χ3n) is 2.72. The quantitative estimate of drug-likeness (QED) is 0.831. The maximum absolute atomic E-state index is 12.1. The van der Waals surface area contributed by atoms with Crippen molar-refractivity contribution in [2.24, 2.45) is 5.73 Å². The van der Waals surface area contributed by atoms with Gasteiger partial charge in [0.1, 0.15) is 0 Å². The highest BCUT2D eigenvalue weighted by Gasteiger charge is 2.22. The third-order valence-corrected chi connectivity index (χ3v) is 2.72. The van der Waals surface area contributed by atoms with E-state index in [1.807, 2.05) is 6.92 Å². The number of ether oxygens (including phenoxy) is 1. The lowest BCUT2D eigenvalue weighted by molar-refractivity contribution is 0.0282. The maximum Gasteiger partial charge on any atom is 0.289 e. The van der Waals surface area contributed by atoms with Gasteiger partial charge in [-0.1, -0.05) is 6.58 Å². The second-order valence-corrected chi connectivity index (χ2v) is 4.05. The fraction of sp³-hybridized carbons (Fsp3) is 0.417. The molecule has 17 heavy (non-hydrogen) atoms. The number of hydrogen-bond donors (Lipinski definition) is 1. The maximum atomic E-state index is 12.1. The van der Waals surface area contributed by atoms with Crippen molar-refractivity contribution in [1.82, 2.24) is 4.90 Å². The van der Waals surface area contributed by atoms with Crippen molar-refractivity contribution in [2.75, 3.05) is 26.3 Å². The van der Waals surface area contributed by atoms with Crippen LogP contribution in [-0.2, 0) is 4.74 Å². The summed E-state index contributed by atoms with van der Waals surface area (Å²) in [5.74, 6) is 0.677. The van der Waals surface area contributed by atoms with Crippen LogP contribution in [0.4, 0.5) is 0 Å². The van der Waals surface area contributed by atoms with Crippen molar-refractivity contribution in [3.63, 3.8) is 0 Å². The highest BCUT2D eigenvalue weighted by Crippen LogP contribution is 2.20. The molecule has 1 amide bonds. The monoisotopic (exact) mass is 236 g/mol. The zero-order chi connectivity index (χ0) is 12.4. The molecule has 0 atom stereocenters. The number of nitrogens with two attached hydrogens (primary N) is 1.